The molecule has 4 rings (SSSR count). The molecule has 0 unspecified atom stereocenters. The van der Waals surface area contributed by atoms with E-state index in [4.69, 9.17) is 0 Å². The standard InChI is InChI=1S/C17H20F2N6/c1-10-6-20-9-21-17(10)25-7-12(8-25)24(2)14-5-13(15(18)19)22-16(23-14)11-3-4-11/h5-6,9,11-12,15H,3-4,7-8H2,1-2H3. The number of alkyl halides is 2. The van der Waals surface area contributed by atoms with Crippen LogP contribution in [0.2, 0.25) is 0 Å². The Morgan fingerprint density at radius 1 is 1.24 bits per heavy atom. The highest BCUT2D eigenvalue weighted by Crippen LogP contribution is 2.39. The minimum atomic E-state index is -2.57. The van der Waals surface area contributed by atoms with Crippen LogP contribution in [0, 0.1) is 6.92 Å². The second-order valence-corrected chi connectivity index (χ2v) is 6.78. The third-order valence-electron chi connectivity index (χ3n) is 4.85. The van der Waals surface area contributed by atoms with Gasteiger partial charge in [0.2, 0.25) is 0 Å². The van der Waals surface area contributed by atoms with Gasteiger partial charge in [-0.2, -0.15) is 0 Å². The normalized spacial score (nSPS) is 17.7. The number of hydrogen-bond donors (Lipinski definition) is 0. The Balaban J connectivity index is 1.50. The zero-order chi connectivity index (χ0) is 17.6. The molecule has 1 saturated heterocycles. The molecule has 2 aromatic rings. The molecule has 6 nitrogen and oxygen atoms in total. The van der Waals surface area contributed by atoms with Crippen LogP contribution in [-0.4, -0.2) is 46.1 Å². The van der Waals surface area contributed by atoms with Crippen molar-refractivity contribution in [2.75, 3.05) is 29.9 Å². The van der Waals surface area contributed by atoms with E-state index in [1.807, 2.05) is 18.9 Å². The third-order valence-corrected chi connectivity index (χ3v) is 4.85. The summed E-state index contributed by atoms with van der Waals surface area (Å²) in [7, 11) is 1.91. The van der Waals surface area contributed by atoms with Crippen LogP contribution in [0.15, 0.2) is 18.6 Å². The number of rotatable bonds is 5. The second-order valence-electron chi connectivity index (χ2n) is 6.78. The van der Waals surface area contributed by atoms with Gasteiger partial charge in [-0.25, -0.2) is 28.7 Å². The molecule has 1 saturated carbocycles. The maximum Gasteiger partial charge on any atom is 0.280 e. The molecule has 0 aromatic carbocycles. The molecule has 0 N–H and O–H groups in total. The summed E-state index contributed by atoms with van der Waals surface area (Å²) in [5.41, 5.74) is 0.850. The number of anilines is 2. The molecule has 2 aliphatic rings. The van der Waals surface area contributed by atoms with Crippen molar-refractivity contribution < 1.29 is 8.78 Å². The average molecular weight is 346 g/mol. The quantitative estimate of drug-likeness (QED) is 0.830. The summed E-state index contributed by atoms with van der Waals surface area (Å²) in [4.78, 5) is 21.0. The summed E-state index contributed by atoms with van der Waals surface area (Å²) in [5.74, 6) is 2.31. The highest BCUT2D eigenvalue weighted by Gasteiger charge is 2.34. The van der Waals surface area contributed by atoms with Gasteiger partial charge in [0.05, 0.1) is 6.04 Å². The summed E-state index contributed by atoms with van der Waals surface area (Å²) in [6.07, 6.45) is 2.73. The van der Waals surface area contributed by atoms with E-state index in [2.05, 4.69) is 24.8 Å². The molecule has 3 heterocycles. The molecule has 1 aliphatic carbocycles. The van der Waals surface area contributed by atoms with Crippen molar-refractivity contribution in [3.63, 3.8) is 0 Å². The van der Waals surface area contributed by atoms with Crippen LogP contribution < -0.4 is 9.80 Å². The summed E-state index contributed by atoms with van der Waals surface area (Å²) in [5, 5.41) is 0. The average Bonchev–Trinajstić information content (AvgIpc) is 3.39. The van der Waals surface area contributed by atoms with Crippen LogP contribution in [0.1, 0.15) is 42.3 Å². The van der Waals surface area contributed by atoms with E-state index in [0.29, 0.717) is 11.6 Å². The highest BCUT2D eigenvalue weighted by atomic mass is 19.3. The first-order chi connectivity index (χ1) is 12.0. The number of aromatic nitrogens is 4. The lowest BCUT2D eigenvalue weighted by molar-refractivity contribution is 0.145. The van der Waals surface area contributed by atoms with E-state index in [9.17, 15) is 8.78 Å². The van der Waals surface area contributed by atoms with Crippen LogP contribution in [0.5, 0.6) is 0 Å². The zero-order valence-electron chi connectivity index (χ0n) is 14.2. The molecule has 2 aromatic heterocycles. The van der Waals surface area contributed by atoms with Crippen molar-refractivity contribution in [2.45, 2.75) is 38.2 Å². The van der Waals surface area contributed by atoms with Crippen molar-refractivity contribution in [1.29, 1.82) is 0 Å². The second kappa shape index (κ2) is 6.16. The van der Waals surface area contributed by atoms with Gasteiger partial charge in [0.25, 0.3) is 6.43 Å². The fourth-order valence-corrected chi connectivity index (χ4v) is 3.07. The maximum atomic E-state index is 13.2. The number of nitrogens with zero attached hydrogens (tertiary/aromatic N) is 6. The van der Waals surface area contributed by atoms with Gasteiger partial charge in [-0.3, -0.25) is 0 Å². The minimum absolute atomic E-state index is 0.179. The minimum Gasteiger partial charge on any atom is -0.353 e. The first-order valence-electron chi connectivity index (χ1n) is 8.44. The van der Waals surface area contributed by atoms with Gasteiger partial charge < -0.3 is 9.80 Å². The summed E-state index contributed by atoms with van der Waals surface area (Å²) in [6.45, 7) is 3.54. The van der Waals surface area contributed by atoms with E-state index in [1.165, 1.54) is 6.07 Å². The van der Waals surface area contributed by atoms with E-state index >= 15 is 0 Å². The Kier molecular flexibility index (Phi) is 3.97. The first-order valence-corrected chi connectivity index (χ1v) is 8.44. The number of hydrogen-bond acceptors (Lipinski definition) is 6. The van der Waals surface area contributed by atoms with E-state index in [1.54, 1.807) is 12.5 Å². The Labute approximate surface area is 144 Å². The lowest BCUT2D eigenvalue weighted by atomic mass is 10.1. The molecule has 25 heavy (non-hydrogen) atoms. The Bertz CT molecular complexity index is 753. The molecule has 132 valence electrons. The molecule has 0 radical (unpaired) electrons. The largest absolute Gasteiger partial charge is 0.353 e. The number of halogens is 2. The number of aryl methyl sites for hydroxylation is 1. The molecule has 0 amide bonds. The SMILES string of the molecule is Cc1cncnc1N1CC(N(C)c2cc(C(F)F)nc(C3CC3)n2)C1. The molecular formula is C17H20F2N6. The van der Waals surface area contributed by atoms with Crippen molar-refractivity contribution in [2.24, 2.45) is 0 Å². The third kappa shape index (κ3) is 3.12. The number of likely N-dealkylation sites (N-methyl/N-ethyl adjacent to an activating group) is 1. The van der Waals surface area contributed by atoms with Crippen molar-refractivity contribution in [1.82, 2.24) is 19.9 Å². The summed E-state index contributed by atoms with van der Waals surface area (Å²) >= 11 is 0. The summed E-state index contributed by atoms with van der Waals surface area (Å²) < 4.78 is 26.3. The van der Waals surface area contributed by atoms with E-state index < -0.39 is 6.43 Å². The van der Waals surface area contributed by atoms with Crippen LogP contribution >= 0.6 is 0 Å². The van der Waals surface area contributed by atoms with Crippen molar-refractivity contribution >= 4 is 11.6 Å². The lowest BCUT2D eigenvalue weighted by Crippen LogP contribution is -2.59. The van der Waals surface area contributed by atoms with Gasteiger partial charge in [-0.1, -0.05) is 0 Å². The van der Waals surface area contributed by atoms with Crippen LogP contribution in [0.3, 0.4) is 0 Å². The van der Waals surface area contributed by atoms with Crippen molar-refractivity contribution in [3.8, 4) is 0 Å². The van der Waals surface area contributed by atoms with Gasteiger partial charge in [-0.15, -0.1) is 0 Å². The highest BCUT2D eigenvalue weighted by molar-refractivity contribution is 5.51. The summed E-state index contributed by atoms with van der Waals surface area (Å²) in [6, 6.07) is 1.62. The smallest absolute Gasteiger partial charge is 0.280 e. The Morgan fingerprint density at radius 3 is 2.64 bits per heavy atom. The fraction of sp³-hybridized carbons (Fsp3) is 0.529. The molecule has 0 spiro atoms. The van der Waals surface area contributed by atoms with Gasteiger partial charge in [0, 0.05) is 43.9 Å². The van der Waals surface area contributed by atoms with Gasteiger partial charge in [0.15, 0.2) is 0 Å². The molecule has 1 aliphatic heterocycles. The molecule has 8 heteroatoms. The van der Waals surface area contributed by atoms with Gasteiger partial charge >= 0.3 is 0 Å². The fourth-order valence-electron chi connectivity index (χ4n) is 3.07. The lowest BCUT2D eigenvalue weighted by Gasteiger charge is -2.45. The maximum absolute atomic E-state index is 13.2. The van der Waals surface area contributed by atoms with E-state index in [0.717, 1.165) is 37.3 Å². The van der Waals surface area contributed by atoms with Crippen molar-refractivity contribution in [3.05, 3.63) is 35.7 Å². The Hall–Kier alpha value is -2.38. The molecule has 0 bridgehead atoms. The monoisotopic (exact) mass is 346 g/mol. The predicted molar refractivity (Wildman–Crippen MR) is 90.1 cm³/mol. The first kappa shape index (κ1) is 16.1. The molecule has 2 fully saturated rings. The topological polar surface area (TPSA) is 58.0 Å². The van der Waals surface area contributed by atoms with Crippen LogP contribution in [0.4, 0.5) is 20.4 Å². The van der Waals surface area contributed by atoms with Gasteiger partial charge in [0.1, 0.15) is 29.5 Å². The van der Waals surface area contributed by atoms with Gasteiger partial charge in [-0.05, 0) is 19.8 Å². The molecule has 0 atom stereocenters. The zero-order valence-corrected chi connectivity index (χ0v) is 14.2. The van der Waals surface area contributed by atoms with E-state index in [-0.39, 0.29) is 17.7 Å². The Morgan fingerprint density at radius 2 is 2.00 bits per heavy atom. The van der Waals surface area contributed by atoms with Crippen LogP contribution in [-0.2, 0) is 0 Å². The van der Waals surface area contributed by atoms with Crippen LogP contribution in [0.25, 0.3) is 0 Å². The predicted octanol–water partition coefficient (Wildman–Crippen LogP) is 2.72. The molecular weight excluding hydrogens is 326 g/mol.